The Bertz CT molecular complexity index is 572. The summed E-state index contributed by atoms with van der Waals surface area (Å²) in [6.07, 6.45) is 2.78. The van der Waals surface area contributed by atoms with Crippen molar-refractivity contribution < 1.29 is 19.1 Å². The van der Waals surface area contributed by atoms with E-state index in [0.29, 0.717) is 24.5 Å². The van der Waals surface area contributed by atoms with Crippen LogP contribution in [0.1, 0.15) is 51.0 Å². The molecule has 0 saturated carbocycles. The van der Waals surface area contributed by atoms with E-state index in [1.807, 2.05) is 20.8 Å². The van der Waals surface area contributed by atoms with Crippen molar-refractivity contribution in [3.63, 3.8) is 0 Å². The van der Waals surface area contributed by atoms with E-state index >= 15 is 0 Å². The lowest BCUT2D eigenvalue weighted by Gasteiger charge is -2.33. The van der Waals surface area contributed by atoms with Gasteiger partial charge in [-0.25, -0.2) is 4.79 Å². The highest BCUT2D eigenvalue weighted by molar-refractivity contribution is 5.92. The summed E-state index contributed by atoms with van der Waals surface area (Å²) in [5.74, 6) is 0.552. The first kappa shape index (κ1) is 17.2. The summed E-state index contributed by atoms with van der Waals surface area (Å²) in [4.78, 5) is 29.1. The molecule has 1 aliphatic rings. The Balaban J connectivity index is 1.86. The number of carbonyl (C=O) groups is 2. The standard InChI is InChI=1S/C17H24N2O4/c1-12(20)15-11-14(5-8-18-15)22-13-6-9-19(10-7-13)16(21)23-17(2,3)4/h5,8,11,13H,6-7,9-10H2,1-4H3. The van der Waals surface area contributed by atoms with Crippen LogP contribution in [0.5, 0.6) is 5.75 Å². The minimum absolute atomic E-state index is 0.0240. The number of carbonyl (C=O) groups excluding carboxylic acids is 2. The molecule has 1 saturated heterocycles. The fourth-order valence-corrected chi connectivity index (χ4v) is 2.35. The minimum Gasteiger partial charge on any atom is -0.490 e. The number of ether oxygens (including phenoxy) is 2. The van der Waals surface area contributed by atoms with E-state index in [2.05, 4.69) is 4.98 Å². The van der Waals surface area contributed by atoms with Crippen LogP contribution in [0.4, 0.5) is 4.79 Å². The second kappa shape index (κ2) is 6.98. The van der Waals surface area contributed by atoms with Gasteiger partial charge in [0.25, 0.3) is 0 Å². The number of likely N-dealkylation sites (tertiary alicyclic amines) is 1. The van der Waals surface area contributed by atoms with Crippen LogP contribution >= 0.6 is 0 Å². The van der Waals surface area contributed by atoms with E-state index in [1.165, 1.54) is 6.92 Å². The van der Waals surface area contributed by atoms with Crippen LogP contribution in [0.15, 0.2) is 18.3 Å². The number of hydrogen-bond acceptors (Lipinski definition) is 5. The number of nitrogens with zero attached hydrogens (tertiary/aromatic N) is 2. The zero-order valence-electron chi connectivity index (χ0n) is 14.2. The zero-order valence-corrected chi connectivity index (χ0v) is 14.2. The maximum Gasteiger partial charge on any atom is 0.410 e. The molecule has 2 heterocycles. The normalized spacial score (nSPS) is 16.1. The molecule has 0 atom stereocenters. The third kappa shape index (κ3) is 5.23. The smallest absolute Gasteiger partial charge is 0.410 e. The molecule has 0 spiro atoms. The Morgan fingerprint density at radius 2 is 1.91 bits per heavy atom. The van der Waals surface area contributed by atoms with Crippen molar-refractivity contribution in [3.8, 4) is 5.75 Å². The van der Waals surface area contributed by atoms with Gasteiger partial charge in [0.1, 0.15) is 23.1 Å². The molecule has 6 nitrogen and oxygen atoms in total. The van der Waals surface area contributed by atoms with Crippen LogP contribution < -0.4 is 4.74 Å². The molecule has 23 heavy (non-hydrogen) atoms. The number of pyridine rings is 1. The maximum atomic E-state index is 12.0. The van der Waals surface area contributed by atoms with Crippen molar-refractivity contribution in [2.45, 2.75) is 52.2 Å². The molecule has 0 unspecified atom stereocenters. The summed E-state index contributed by atoms with van der Waals surface area (Å²) in [6.45, 7) is 8.25. The minimum atomic E-state index is -0.482. The summed E-state index contributed by atoms with van der Waals surface area (Å²) in [7, 11) is 0. The van der Waals surface area contributed by atoms with Crippen molar-refractivity contribution >= 4 is 11.9 Å². The molecule has 0 radical (unpaired) electrons. The molecule has 1 aliphatic heterocycles. The number of piperidine rings is 1. The van der Waals surface area contributed by atoms with E-state index in [9.17, 15) is 9.59 Å². The monoisotopic (exact) mass is 320 g/mol. The molecule has 126 valence electrons. The molecule has 0 aliphatic carbocycles. The summed E-state index contributed by atoms with van der Waals surface area (Å²) in [5.41, 5.74) is -0.0846. The van der Waals surface area contributed by atoms with Gasteiger partial charge in [-0.2, -0.15) is 0 Å². The van der Waals surface area contributed by atoms with Crippen molar-refractivity contribution in [1.82, 2.24) is 9.88 Å². The van der Waals surface area contributed by atoms with Crippen LogP contribution in [-0.4, -0.2) is 46.6 Å². The molecule has 1 amide bonds. The summed E-state index contributed by atoms with van der Waals surface area (Å²) in [6, 6.07) is 3.40. The van der Waals surface area contributed by atoms with Crippen LogP contribution in [0.25, 0.3) is 0 Å². The molecule has 1 aromatic heterocycles. The van der Waals surface area contributed by atoms with Crippen molar-refractivity contribution in [2.24, 2.45) is 0 Å². The summed E-state index contributed by atoms with van der Waals surface area (Å²) >= 11 is 0. The molecule has 2 rings (SSSR count). The van der Waals surface area contributed by atoms with E-state index in [-0.39, 0.29) is 18.0 Å². The molecule has 0 bridgehead atoms. The van der Waals surface area contributed by atoms with E-state index in [4.69, 9.17) is 9.47 Å². The molecular weight excluding hydrogens is 296 g/mol. The Morgan fingerprint density at radius 1 is 1.26 bits per heavy atom. The lowest BCUT2D eigenvalue weighted by atomic mass is 10.1. The first-order chi connectivity index (χ1) is 10.7. The zero-order chi connectivity index (χ0) is 17.0. The average molecular weight is 320 g/mol. The summed E-state index contributed by atoms with van der Waals surface area (Å²) in [5, 5.41) is 0. The topological polar surface area (TPSA) is 68.7 Å². The lowest BCUT2D eigenvalue weighted by molar-refractivity contribution is 0.0126. The largest absolute Gasteiger partial charge is 0.490 e. The highest BCUT2D eigenvalue weighted by Crippen LogP contribution is 2.21. The maximum absolute atomic E-state index is 12.0. The first-order valence-corrected chi connectivity index (χ1v) is 7.86. The lowest BCUT2D eigenvalue weighted by Crippen LogP contribution is -2.44. The van der Waals surface area contributed by atoms with E-state index in [1.54, 1.807) is 23.2 Å². The third-order valence-corrected chi connectivity index (χ3v) is 3.49. The molecular formula is C17H24N2O4. The predicted octanol–water partition coefficient (Wildman–Crippen LogP) is 3.06. The van der Waals surface area contributed by atoms with Crippen molar-refractivity contribution in [3.05, 3.63) is 24.0 Å². The highest BCUT2D eigenvalue weighted by atomic mass is 16.6. The fourth-order valence-electron chi connectivity index (χ4n) is 2.35. The van der Waals surface area contributed by atoms with Crippen LogP contribution in [0, 0.1) is 0 Å². The molecule has 1 aromatic rings. The second-order valence-corrected chi connectivity index (χ2v) is 6.72. The fraction of sp³-hybridized carbons (Fsp3) is 0.588. The number of amides is 1. The third-order valence-electron chi connectivity index (χ3n) is 3.49. The number of ketones is 1. The molecule has 1 fully saturated rings. The van der Waals surface area contributed by atoms with Crippen LogP contribution in [0.3, 0.4) is 0 Å². The Labute approximate surface area is 136 Å². The van der Waals surface area contributed by atoms with Gasteiger partial charge in [-0.05, 0) is 26.8 Å². The highest BCUT2D eigenvalue weighted by Gasteiger charge is 2.27. The van der Waals surface area contributed by atoms with Gasteiger partial charge in [0, 0.05) is 45.1 Å². The van der Waals surface area contributed by atoms with Crippen LogP contribution in [0.2, 0.25) is 0 Å². The van der Waals surface area contributed by atoms with Gasteiger partial charge in [0.15, 0.2) is 5.78 Å². The van der Waals surface area contributed by atoms with E-state index < -0.39 is 5.60 Å². The van der Waals surface area contributed by atoms with E-state index in [0.717, 1.165) is 12.8 Å². The van der Waals surface area contributed by atoms with Crippen LogP contribution in [-0.2, 0) is 4.74 Å². The number of rotatable bonds is 3. The summed E-state index contributed by atoms with van der Waals surface area (Å²) < 4.78 is 11.3. The number of aromatic nitrogens is 1. The molecule has 0 N–H and O–H groups in total. The first-order valence-electron chi connectivity index (χ1n) is 7.86. The van der Waals surface area contributed by atoms with Gasteiger partial charge >= 0.3 is 6.09 Å². The Kier molecular flexibility index (Phi) is 5.23. The van der Waals surface area contributed by atoms with Gasteiger partial charge in [-0.15, -0.1) is 0 Å². The Morgan fingerprint density at radius 3 is 2.48 bits per heavy atom. The number of Topliss-reactive ketones (excluding diaryl/α,β-unsaturated/α-hetero) is 1. The van der Waals surface area contributed by atoms with Gasteiger partial charge in [0.2, 0.25) is 0 Å². The van der Waals surface area contributed by atoms with Crippen molar-refractivity contribution in [2.75, 3.05) is 13.1 Å². The average Bonchev–Trinajstić information content (AvgIpc) is 2.46. The van der Waals surface area contributed by atoms with Gasteiger partial charge in [-0.1, -0.05) is 0 Å². The van der Waals surface area contributed by atoms with Gasteiger partial charge < -0.3 is 14.4 Å². The van der Waals surface area contributed by atoms with Gasteiger partial charge in [0.05, 0.1) is 0 Å². The molecule has 6 heteroatoms. The Hall–Kier alpha value is -2.11. The number of hydrogen-bond donors (Lipinski definition) is 0. The SMILES string of the molecule is CC(=O)c1cc(OC2CCN(C(=O)OC(C)(C)C)CC2)ccn1. The predicted molar refractivity (Wildman–Crippen MR) is 85.7 cm³/mol. The van der Waals surface area contributed by atoms with Crippen molar-refractivity contribution in [1.29, 1.82) is 0 Å². The quantitative estimate of drug-likeness (QED) is 0.801. The molecule has 0 aromatic carbocycles. The second-order valence-electron chi connectivity index (χ2n) is 6.72. The van der Waals surface area contributed by atoms with Gasteiger partial charge in [-0.3, -0.25) is 9.78 Å².